The maximum Gasteiger partial charge on any atom is 0.267 e. The number of benzene rings is 2. The van der Waals surface area contributed by atoms with Crippen LogP contribution in [0.1, 0.15) is 5.89 Å². The van der Waals surface area contributed by atoms with E-state index >= 15 is 0 Å². The average molecular weight is 423 g/mol. The number of piperazine rings is 1. The highest BCUT2D eigenvalue weighted by Gasteiger charge is 2.32. The van der Waals surface area contributed by atoms with E-state index in [1.54, 1.807) is 18.3 Å². The Hall–Kier alpha value is -3.39. The van der Waals surface area contributed by atoms with Crippen molar-refractivity contribution in [3.05, 3.63) is 66.4 Å². The Morgan fingerprint density at radius 2 is 1.77 bits per heavy atom. The number of hydrogen-bond donors (Lipinski definition) is 0. The molecular formula is C23H22FN3O4. The Labute approximate surface area is 179 Å². The first-order valence-electron chi connectivity index (χ1n) is 10.3. The van der Waals surface area contributed by atoms with Gasteiger partial charge in [0.25, 0.3) is 5.91 Å². The number of carbonyl (C=O) groups excluding carboxylic acids is 1. The Morgan fingerprint density at radius 3 is 2.55 bits per heavy atom. The molecule has 8 heteroatoms. The lowest BCUT2D eigenvalue weighted by molar-refractivity contribution is -0.143. The highest BCUT2D eigenvalue weighted by atomic mass is 19.1. The van der Waals surface area contributed by atoms with Crippen LogP contribution in [-0.2, 0) is 11.3 Å². The molecule has 1 amide bonds. The lowest BCUT2D eigenvalue weighted by Crippen LogP contribution is -2.53. The van der Waals surface area contributed by atoms with E-state index < -0.39 is 6.10 Å². The summed E-state index contributed by atoms with van der Waals surface area (Å²) in [6.45, 7) is 3.41. The van der Waals surface area contributed by atoms with Gasteiger partial charge in [-0.05, 0) is 36.4 Å². The van der Waals surface area contributed by atoms with Crippen LogP contribution < -0.4 is 9.47 Å². The molecule has 31 heavy (non-hydrogen) atoms. The summed E-state index contributed by atoms with van der Waals surface area (Å²) in [4.78, 5) is 21.2. The first-order valence-corrected chi connectivity index (χ1v) is 10.3. The first kappa shape index (κ1) is 19.6. The van der Waals surface area contributed by atoms with Gasteiger partial charge in [0, 0.05) is 31.7 Å². The summed E-state index contributed by atoms with van der Waals surface area (Å²) >= 11 is 0. The number of amides is 1. The minimum absolute atomic E-state index is 0.0520. The van der Waals surface area contributed by atoms with Crippen molar-refractivity contribution in [1.82, 2.24) is 14.8 Å². The molecule has 2 aliphatic heterocycles. The predicted molar refractivity (Wildman–Crippen MR) is 110 cm³/mol. The smallest absolute Gasteiger partial charge is 0.267 e. The zero-order chi connectivity index (χ0) is 21.2. The number of hydrogen-bond acceptors (Lipinski definition) is 6. The molecule has 0 saturated carbocycles. The summed E-state index contributed by atoms with van der Waals surface area (Å²) in [5.41, 5.74) is 0.784. The van der Waals surface area contributed by atoms with Gasteiger partial charge in [-0.1, -0.05) is 12.1 Å². The van der Waals surface area contributed by atoms with E-state index in [9.17, 15) is 9.18 Å². The maximum atomic E-state index is 13.1. The molecule has 2 aliphatic rings. The van der Waals surface area contributed by atoms with E-state index in [0.717, 1.165) is 5.56 Å². The summed E-state index contributed by atoms with van der Waals surface area (Å²) in [6.07, 6.45) is 1.03. The van der Waals surface area contributed by atoms with Crippen molar-refractivity contribution >= 4 is 5.91 Å². The quantitative estimate of drug-likeness (QED) is 0.643. The molecule has 0 aliphatic carbocycles. The van der Waals surface area contributed by atoms with Crippen molar-refractivity contribution in [1.29, 1.82) is 0 Å². The van der Waals surface area contributed by atoms with Crippen LogP contribution in [0, 0.1) is 5.82 Å². The van der Waals surface area contributed by atoms with E-state index in [2.05, 4.69) is 9.88 Å². The van der Waals surface area contributed by atoms with Gasteiger partial charge in [-0.3, -0.25) is 9.69 Å². The number of ether oxygens (including phenoxy) is 2. The van der Waals surface area contributed by atoms with Crippen LogP contribution in [0.3, 0.4) is 0 Å². The second-order valence-corrected chi connectivity index (χ2v) is 7.59. The number of fused-ring (bicyclic) bond motifs is 1. The molecule has 7 nitrogen and oxygen atoms in total. The lowest BCUT2D eigenvalue weighted by atomic mass is 10.2. The Bertz CT molecular complexity index is 1060. The molecule has 0 bridgehead atoms. The third-order valence-electron chi connectivity index (χ3n) is 5.51. The van der Waals surface area contributed by atoms with Gasteiger partial charge in [0.2, 0.25) is 12.0 Å². The minimum Gasteiger partial charge on any atom is -0.485 e. The largest absolute Gasteiger partial charge is 0.485 e. The molecule has 0 spiro atoms. The van der Waals surface area contributed by atoms with Gasteiger partial charge in [-0.15, -0.1) is 0 Å². The van der Waals surface area contributed by atoms with Crippen molar-refractivity contribution in [2.75, 3.05) is 32.8 Å². The van der Waals surface area contributed by atoms with Gasteiger partial charge < -0.3 is 18.8 Å². The van der Waals surface area contributed by atoms with Crippen molar-refractivity contribution in [2.45, 2.75) is 12.6 Å². The third kappa shape index (κ3) is 4.25. The van der Waals surface area contributed by atoms with E-state index in [-0.39, 0.29) is 18.3 Å². The standard InChI is InChI=1S/C23H22FN3O4/c24-17-7-5-16(6-8-17)20-13-25-22(31-20)14-26-9-11-27(12-10-26)23(28)21-15-29-18-3-1-2-4-19(18)30-21/h1-8,13,21H,9-12,14-15H2/t21-/m1/s1. The summed E-state index contributed by atoms with van der Waals surface area (Å²) in [5.74, 6) is 2.14. The molecule has 3 heterocycles. The van der Waals surface area contributed by atoms with Gasteiger partial charge in [0.05, 0.1) is 12.7 Å². The Morgan fingerprint density at radius 1 is 1.03 bits per heavy atom. The number of oxazole rings is 1. The number of para-hydroxylation sites is 2. The van der Waals surface area contributed by atoms with Crippen molar-refractivity contribution in [2.24, 2.45) is 0 Å². The summed E-state index contributed by atoms with van der Waals surface area (Å²) < 4.78 is 30.4. The van der Waals surface area contributed by atoms with Gasteiger partial charge in [-0.2, -0.15) is 0 Å². The molecule has 0 N–H and O–H groups in total. The fourth-order valence-electron chi connectivity index (χ4n) is 3.79. The number of rotatable bonds is 4. The van der Waals surface area contributed by atoms with Crippen molar-refractivity contribution in [3.63, 3.8) is 0 Å². The van der Waals surface area contributed by atoms with Crippen LogP contribution in [0.2, 0.25) is 0 Å². The molecule has 1 atom stereocenters. The second kappa shape index (κ2) is 8.39. The number of halogens is 1. The lowest BCUT2D eigenvalue weighted by Gasteiger charge is -2.36. The Kier molecular flexibility index (Phi) is 5.30. The fraction of sp³-hybridized carbons (Fsp3) is 0.304. The van der Waals surface area contributed by atoms with Crippen LogP contribution in [0.15, 0.2) is 59.1 Å². The average Bonchev–Trinajstić information content (AvgIpc) is 3.27. The van der Waals surface area contributed by atoms with Gasteiger partial charge >= 0.3 is 0 Å². The topological polar surface area (TPSA) is 68.0 Å². The van der Waals surface area contributed by atoms with Crippen LogP contribution in [0.4, 0.5) is 4.39 Å². The Balaban J connectivity index is 1.14. The molecule has 5 rings (SSSR count). The highest BCUT2D eigenvalue weighted by Crippen LogP contribution is 2.31. The summed E-state index contributed by atoms with van der Waals surface area (Å²) in [7, 11) is 0. The van der Waals surface area contributed by atoms with E-state index in [0.29, 0.717) is 55.9 Å². The molecule has 3 aromatic rings. The normalized spacial score (nSPS) is 18.7. The second-order valence-electron chi connectivity index (χ2n) is 7.59. The maximum absolute atomic E-state index is 13.1. The number of nitrogens with zero attached hydrogens (tertiary/aromatic N) is 3. The minimum atomic E-state index is -0.619. The molecule has 2 aromatic carbocycles. The van der Waals surface area contributed by atoms with Gasteiger partial charge in [0.15, 0.2) is 17.3 Å². The molecule has 0 unspecified atom stereocenters. The van der Waals surface area contributed by atoms with Crippen LogP contribution in [0.25, 0.3) is 11.3 Å². The zero-order valence-corrected chi connectivity index (χ0v) is 16.9. The number of carbonyl (C=O) groups is 1. The van der Waals surface area contributed by atoms with E-state index in [1.165, 1.54) is 12.1 Å². The number of aromatic nitrogens is 1. The van der Waals surface area contributed by atoms with Crippen molar-refractivity contribution in [3.8, 4) is 22.8 Å². The zero-order valence-electron chi connectivity index (χ0n) is 16.9. The molecule has 160 valence electrons. The first-order chi connectivity index (χ1) is 15.2. The molecule has 1 aromatic heterocycles. The highest BCUT2D eigenvalue weighted by molar-refractivity contribution is 5.82. The van der Waals surface area contributed by atoms with Gasteiger partial charge in [0.1, 0.15) is 12.4 Å². The monoisotopic (exact) mass is 423 g/mol. The third-order valence-corrected chi connectivity index (χ3v) is 5.51. The van der Waals surface area contributed by atoms with Gasteiger partial charge in [-0.25, -0.2) is 9.37 Å². The molecular weight excluding hydrogens is 401 g/mol. The molecule has 1 fully saturated rings. The van der Waals surface area contributed by atoms with Crippen LogP contribution in [-0.4, -0.2) is 59.6 Å². The van der Waals surface area contributed by atoms with E-state index in [4.69, 9.17) is 13.9 Å². The van der Waals surface area contributed by atoms with E-state index in [1.807, 2.05) is 29.2 Å². The summed E-state index contributed by atoms with van der Waals surface area (Å²) in [6, 6.07) is 13.5. The SMILES string of the molecule is O=C([C@H]1COc2ccccc2O1)N1CCN(Cc2ncc(-c3ccc(F)cc3)o2)CC1. The van der Waals surface area contributed by atoms with Crippen LogP contribution in [0.5, 0.6) is 11.5 Å². The van der Waals surface area contributed by atoms with Crippen molar-refractivity contribution < 1.29 is 23.1 Å². The summed E-state index contributed by atoms with van der Waals surface area (Å²) in [5, 5.41) is 0. The molecule has 1 saturated heterocycles. The predicted octanol–water partition coefficient (Wildman–Crippen LogP) is 2.96. The fourth-order valence-corrected chi connectivity index (χ4v) is 3.79. The van der Waals surface area contributed by atoms with Crippen LogP contribution >= 0.6 is 0 Å². The molecule has 0 radical (unpaired) electrons.